The Morgan fingerprint density at radius 3 is 2.53 bits per heavy atom. The van der Waals surface area contributed by atoms with Gasteiger partial charge in [0.05, 0.1) is 17.0 Å². The van der Waals surface area contributed by atoms with Crippen molar-refractivity contribution >= 4 is 21.9 Å². The van der Waals surface area contributed by atoms with Gasteiger partial charge in [-0.3, -0.25) is 4.79 Å². The molecule has 1 saturated carbocycles. The summed E-state index contributed by atoms with van der Waals surface area (Å²) in [6.07, 6.45) is 3.76. The Labute approximate surface area is 119 Å². The quantitative estimate of drug-likeness (QED) is 0.914. The lowest BCUT2D eigenvalue weighted by Crippen LogP contribution is -2.38. The van der Waals surface area contributed by atoms with E-state index in [1.54, 1.807) is 12.1 Å². The largest absolute Gasteiger partial charge is 0.493 e. The minimum atomic E-state index is -1.02. The molecule has 0 aromatic heterocycles. The summed E-state index contributed by atoms with van der Waals surface area (Å²) in [6, 6.07) is 3.21. The van der Waals surface area contributed by atoms with E-state index in [1.807, 2.05) is 0 Å². The first kappa shape index (κ1) is 14.3. The summed E-state index contributed by atoms with van der Waals surface area (Å²) in [5.41, 5.74) is -0.576. The van der Waals surface area contributed by atoms with Crippen LogP contribution in [0.1, 0.15) is 37.7 Å². The zero-order chi connectivity index (χ0) is 14.0. The van der Waals surface area contributed by atoms with Gasteiger partial charge in [-0.15, -0.1) is 0 Å². The topological polar surface area (TPSA) is 46.5 Å². The molecule has 0 spiro atoms. The lowest BCUT2D eigenvalue weighted by molar-refractivity contribution is -0.145. The van der Waals surface area contributed by atoms with Gasteiger partial charge in [-0.1, -0.05) is 25.3 Å². The molecule has 2 rings (SSSR count). The zero-order valence-corrected chi connectivity index (χ0v) is 12.3. The van der Waals surface area contributed by atoms with E-state index < -0.39 is 17.2 Å². The number of carboxylic acids is 1. The number of aliphatic carboxylic acids is 1. The van der Waals surface area contributed by atoms with Crippen LogP contribution in [0.15, 0.2) is 16.6 Å². The Morgan fingerprint density at radius 2 is 2.00 bits per heavy atom. The first-order valence-corrected chi connectivity index (χ1v) is 7.08. The van der Waals surface area contributed by atoms with Gasteiger partial charge in [0.2, 0.25) is 0 Å². The van der Waals surface area contributed by atoms with E-state index >= 15 is 0 Å². The fourth-order valence-electron chi connectivity index (χ4n) is 2.86. The fraction of sp³-hybridized carbons (Fsp3) is 0.500. The predicted molar refractivity (Wildman–Crippen MR) is 73.1 cm³/mol. The molecule has 0 radical (unpaired) electrons. The number of halogens is 2. The van der Waals surface area contributed by atoms with Crippen molar-refractivity contribution < 1.29 is 19.0 Å². The monoisotopic (exact) mass is 330 g/mol. The molecule has 0 bridgehead atoms. The zero-order valence-electron chi connectivity index (χ0n) is 10.7. The molecule has 19 heavy (non-hydrogen) atoms. The molecule has 1 aromatic rings. The van der Waals surface area contributed by atoms with Crippen LogP contribution in [0, 0.1) is 5.82 Å². The Balaban J connectivity index is 2.60. The summed E-state index contributed by atoms with van der Waals surface area (Å²) >= 11 is 3.10. The van der Waals surface area contributed by atoms with E-state index in [0.717, 1.165) is 19.3 Å². The normalized spacial score (nSPS) is 18.1. The van der Waals surface area contributed by atoms with Crippen LogP contribution in [0.5, 0.6) is 5.75 Å². The molecular weight excluding hydrogens is 315 g/mol. The van der Waals surface area contributed by atoms with Gasteiger partial charge in [0, 0.05) is 5.56 Å². The van der Waals surface area contributed by atoms with E-state index in [1.165, 1.54) is 7.11 Å². The minimum Gasteiger partial charge on any atom is -0.493 e. The molecule has 1 N–H and O–H groups in total. The van der Waals surface area contributed by atoms with Gasteiger partial charge in [0.25, 0.3) is 0 Å². The van der Waals surface area contributed by atoms with E-state index in [9.17, 15) is 14.3 Å². The highest BCUT2D eigenvalue weighted by Crippen LogP contribution is 2.45. The summed E-state index contributed by atoms with van der Waals surface area (Å²) < 4.78 is 19.5. The van der Waals surface area contributed by atoms with Crippen molar-refractivity contribution in [3.8, 4) is 5.75 Å². The van der Waals surface area contributed by atoms with Crippen molar-refractivity contribution in [3.05, 3.63) is 28.0 Å². The van der Waals surface area contributed by atoms with Crippen LogP contribution >= 0.6 is 15.9 Å². The fourth-order valence-corrected chi connectivity index (χ4v) is 3.17. The number of hydrogen-bond acceptors (Lipinski definition) is 2. The van der Waals surface area contributed by atoms with E-state index in [0.29, 0.717) is 18.4 Å². The molecule has 0 aliphatic heterocycles. The highest BCUT2D eigenvalue weighted by atomic mass is 79.9. The number of hydrogen-bond donors (Lipinski definition) is 1. The van der Waals surface area contributed by atoms with E-state index in [4.69, 9.17) is 4.74 Å². The molecule has 0 unspecified atom stereocenters. The first-order chi connectivity index (χ1) is 9.03. The highest BCUT2D eigenvalue weighted by Gasteiger charge is 2.44. The summed E-state index contributed by atoms with van der Waals surface area (Å²) in [4.78, 5) is 11.8. The SMILES string of the molecule is COc1c(C2(C(=O)O)CCCCC2)ccc(Br)c1F. The Bertz CT molecular complexity index is 496. The predicted octanol–water partition coefficient (Wildman–Crippen LogP) is 3.88. The van der Waals surface area contributed by atoms with Crippen molar-refractivity contribution in [2.45, 2.75) is 37.5 Å². The van der Waals surface area contributed by atoms with Crippen molar-refractivity contribution in [1.82, 2.24) is 0 Å². The average molecular weight is 331 g/mol. The molecular formula is C14H16BrFO3. The van der Waals surface area contributed by atoms with E-state index in [-0.39, 0.29) is 10.2 Å². The van der Waals surface area contributed by atoms with Gasteiger partial charge in [-0.2, -0.15) is 0 Å². The summed E-state index contributed by atoms with van der Waals surface area (Å²) in [5, 5.41) is 9.63. The van der Waals surface area contributed by atoms with Crippen LogP contribution in [0.4, 0.5) is 4.39 Å². The standard InChI is InChI=1S/C14H16BrFO3/c1-19-12-9(5-6-10(15)11(12)16)14(13(17)18)7-3-2-4-8-14/h5-6H,2-4,7-8H2,1H3,(H,17,18). The molecule has 1 aliphatic carbocycles. The Morgan fingerprint density at radius 1 is 1.37 bits per heavy atom. The van der Waals surface area contributed by atoms with Crippen molar-refractivity contribution in [3.63, 3.8) is 0 Å². The number of carbonyl (C=O) groups is 1. The molecule has 1 fully saturated rings. The van der Waals surface area contributed by atoms with E-state index in [2.05, 4.69) is 15.9 Å². The smallest absolute Gasteiger partial charge is 0.314 e. The van der Waals surface area contributed by atoms with Gasteiger partial charge < -0.3 is 9.84 Å². The van der Waals surface area contributed by atoms with Gasteiger partial charge in [0.15, 0.2) is 11.6 Å². The molecule has 0 saturated heterocycles. The molecule has 104 valence electrons. The molecule has 1 aliphatic rings. The Kier molecular flexibility index (Phi) is 4.13. The lowest BCUT2D eigenvalue weighted by Gasteiger charge is -2.34. The van der Waals surface area contributed by atoms with Crippen molar-refractivity contribution in [1.29, 1.82) is 0 Å². The molecule has 0 heterocycles. The number of ether oxygens (including phenoxy) is 1. The van der Waals surface area contributed by atoms with Crippen LogP contribution in [-0.4, -0.2) is 18.2 Å². The van der Waals surface area contributed by atoms with Crippen LogP contribution < -0.4 is 4.74 Å². The maximum Gasteiger partial charge on any atom is 0.314 e. The third-order valence-electron chi connectivity index (χ3n) is 3.89. The van der Waals surface area contributed by atoms with Crippen LogP contribution in [0.2, 0.25) is 0 Å². The Hall–Kier alpha value is -1.10. The van der Waals surface area contributed by atoms with Crippen LogP contribution in [-0.2, 0) is 10.2 Å². The second-order valence-corrected chi connectivity index (χ2v) is 5.74. The van der Waals surface area contributed by atoms with Crippen molar-refractivity contribution in [2.24, 2.45) is 0 Å². The lowest BCUT2D eigenvalue weighted by atomic mass is 9.69. The number of methoxy groups -OCH3 is 1. The maximum absolute atomic E-state index is 14.1. The maximum atomic E-state index is 14.1. The minimum absolute atomic E-state index is 0.0404. The second kappa shape index (κ2) is 5.49. The second-order valence-electron chi connectivity index (χ2n) is 4.89. The molecule has 3 nitrogen and oxygen atoms in total. The molecule has 5 heteroatoms. The number of carboxylic acid groups (broad SMARTS) is 1. The van der Waals surface area contributed by atoms with Gasteiger partial charge in [-0.25, -0.2) is 4.39 Å². The van der Waals surface area contributed by atoms with Gasteiger partial charge in [-0.05, 0) is 34.8 Å². The van der Waals surface area contributed by atoms with Crippen LogP contribution in [0.3, 0.4) is 0 Å². The average Bonchev–Trinajstić information content (AvgIpc) is 2.42. The van der Waals surface area contributed by atoms with Crippen molar-refractivity contribution in [2.75, 3.05) is 7.11 Å². The summed E-state index contributed by atoms with van der Waals surface area (Å²) in [5.74, 6) is -1.39. The highest BCUT2D eigenvalue weighted by molar-refractivity contribution is 9.10. The van der Waals surface area contributed by atoms with Crippen LogP contribution in [0.25, 0.3) is 0 Å². The number of benzene rings is 1. The molecule has 0 atom stereocenters. The summed E-state index contributed by atoms with van der Waals surface area (Å²) in [7, 11) is 1.37. The number of rotatable bonds is 3. The van der Waals surface area contributed by atoms with Gasteiger partial charge in [0.1, 0.15) is 0 Å². The molecule has 1 aromatic carbocycles. The van der Waals surface area contributed by atoms with Gasteiger partial charge >= 0.3 is 5.97 Å². The third-order valence-corrected chi connectivity index (χ3v) is 4.50. The summed E-state index contributed by atoms with van der Waals surface area (Å²) in [6.45, 7) is 0. The molecule has 0 amide bonds. The first-order valence-electron chi connectivity index (χ1n) is 6.29. The third kappa shape index (κ3) is 2.36.